The Morgan fingerprint density at radius 3 is 2.28 bits per heavy atom. The molecule has 4 nitrogen and oxygen atoms in total. The molecular weight excluding hydrogens is 250 g/mol. The number of rotatable bonds is 3. The lowest BCUT2D eigenvalue weighted by Gasteiger charge is -2.08. The van der Waals surface area contributed by atoms with Crippen LogP contribution in [0.3, 0.4) is 0 Å². The predicted molar refractivity (Wildman–Crippen MR) is 69.3 cm³/mol. The van der Waals surface area contributed by atoms with Crippen LogP contribution in [0.5, 0.6) is 5.75 Å². The third kappa shape index (κ3) is 2.31. The summed E-state index contributed by atoms with van der Waals surface area (Å²) in [4.78, 5) is 0.364. The maximum Gasteiger partial charge on any atom is 0.206 e. The molecule has 2 aromatic carbocycles. The van der Waals surface area contributed by atoms with Gasteiger partial charge in [-0.15, -0.1) is 0 Å². The molecule has 5 heteroatoms. The number of nitrogens with two attached hydrogens (primary N) is 1. The van der Waals surface area contributed by atoms with E-state index < -0.39 is 9.84 Å². The van der Waals surface area contributed by atoms with Crippen molar-refractivity contribution in [1.82, 2.24) is 0 Å². The van der Waals surface area contributed by atoms with Gasteiger partial charge in [-0.25, -0.2) is 8.42 Å². The van der Waals surface area contributed by atoms with Gasteiger partial charge in [-0.3, -0.25) is 0 Å². The molecule has 2 aromatic rings. The van der Waals surface area contributed by atoms with Crippen molar-refractivity contribution in [1.29, 1.82) is 0 Å². The highest BCUT2D eigenvalue weighted by atomic mass is 32.2. The number of hydrogen-bond acceptors (Lipinski definition) is 4. The molecule has 18 heavy (non-hydrogen) atoms. The van der Waals surface area contributed by atoms with Crippen LogP contribution in [-0.2, 0) is 9.84 Å². The lowest BCUT2D eigenvalue weighted by molar-refractivity contribution is 0.413. The Kier molecular flexibility index (Phi) is 3.25. The second-order valence-electron chi connectivity index (χ2n) is 3.76. The third-order valence-corrected chi connectivity index (χ3v) is 4.25. The molecule has 0 aliphatic heterocycles. The first kappa shape index (κ1) is 12.4. The number of nitrogen functional groups attached to an aromatic ring is 1. The maximum atomic E-state index is 12.3. The number of methoxy groups -OCH3 is 1. The van der Waals surface area contributed by atoms with E-state index in [0.29, 0.717) is 11.4 Å². The highest BCUT2D eigenvalue weighted by molar-refractivity contribution is 7.91. The molecule has 0 saturated heterocycles. The molecule has 0 aliphatic rings. The summed E-state index contributed by atoms with van der Waals surface area (Å²) in [6.45, 7) is 0. The largest absolute Gasteiger partial charge is 0.497 e. The van der Waals surface area contributed by atoms with Crippen LogP contribution in [0.2, 0.25) is 0 Å². The fourth-order valence-corrected chi connectivity index (χ4v) is 2.95. The van der Waals surface area contributed by atoms with E-state index in [1.807, 2.05) is 0 Å². The second kappa shape index (κ2) is 4.70. The maximum absolute atomic E-state index is 12.3. The van der Waals surface area contributed by atoms with Crippen LogP contribution < -0.4 is 10.5 Å². The van der Waals surface area contributed by atoms with E-state index in [4.69, 9.17) is 10.5 Å². The number of benzene rings is 2. The first-order valence-electron chi connectivity index (χ1n) is 5.29. The lowest BCUT2D eigenvalue weighted by atomic mass is 10.3. The smallest absolute Gasteiger partial charge is 0.206 e. The second-order valence-corrected chi connectivity index (χ2v) is 5.71. The summed E-state index contributed by atoms with van der Waals surface area (Å²) < 4.78 is 29.7. The molecule has 2 rings (SSSR count). The van der Waals surface area contributed by atoms with Crippen molar-refractivity contribution in [3.63, 3.8) is 0 Å². The van der Waals surface area contributed by atoms with Crippen molar-refractivity contribution in [2.24, 2.45) is 0 Å². The summed E-state index contributed by atoms with van der Waals surface area (Å²) in [5.74, 6) is 0.421. The Morgan fingerprint density at radius 2 is 1.67 bits per heavy atom. The first-order chi connectivity index (χ1) is 8.54. The molecule has 0 spiro atoms. The average molecular weight is 263 g/mol. The van der Waals surface area contributed by atoms with E-state index in [9.17, 15) is 8.42 Å². The lowest BCUT2D eigenvalue weighted by Crippen LogP contribution is -2.03. The molecule has 0 saturated carbocycles. The molecule has 94 valence electrons. The van der Waals surface area contributed by atoms with Crippen molar-refractivity contribution in [3.05, 3.63) is 48.5 Å². The average Bonchev–Trinajstić information content (AvgIpc) is 2.39. The van der Waals surface area contributed by atoms with E-state index in [0.717, 1.165) is 0 Å². The van der Waals surface area contributed by atoms with E-state index in [-0.39, 0.29) is 9.79 Å². The van der Waals surface area contributed by atoms with Gasteiger partial charge < -0.3 is 10.5 Å². The van der Waals surface area contributed by atoms with Gasteiger partial charge in [0.1, 0.15) is 5.75 Å². The summed E-state index contributed by atoms with van der Waals surface area (Å²) in [7, 11) is -2.09. The van der Waals surface area contributed by atoms with Crippen LogP contribution in [-0.4, -0.2) is 15.5 Å². The normalized spacial score (nSPS) is 11.2. The monoisotopic (exact) mass is 263 g/mol. The van der Waals surface area contributed by atoms with Crippen LogP contribution in [0.25, 0.3) is 0 Å². The summed E-state index contributed by atoms with van der Waals surface area (Å²) in [5, 5.41) is 0. The van der Waals surface area contributed by atoms with E-state index in [1.54, 1.807) is 36.4 Å². The minimum Gasteiger partial charge on any atom is -0.497 e. The molecule has 0 amide bonds. The highest BCUT2D eigenvalue weighted by Crippen LogP contribution is 2.26. The minimum atomic E-state index is -3.55. The van der Waals surface area contributed by atoms with Crippen molar-refractivity contribution in [3.8, 4) is 5.75 Å². The molecule has 0 radical (unpaired) electrons. The van der Waals surface area contributed by atoms with Crippen molar-refractivity contribution >= 4 is 15.5 Å². The molecule has 0 atom stereocenters. The minimum absolute atomic E-state index is 0.130. The Labute approximate surface area is 106 Å². The van der Waals surface area contributed by atoms with Gasteiger partial charge in [0.05, 0.1) is 16.9 Å². The first-order valence-corrected chi connectivity index (χ1v) is 6.77. The number of ether oxygens (including phenoxy) is 1. The summed E-state index contributed by atoms with van der Waals surface area (Å²) >= 11 is 0. The quantitative estimate of drug-likeness (QED) is 0.861. The molecule has 0 fully saturated rings. The summed E-state index contributed by atoms with van der Waals surface area (Å²) in [6.07, 6.45) is 0. The Bertz CT molecular complexity index is 651. The topological polar surface area (TPSA) is 69.4 Å². The molecule has 0 unspecified atom stereocenters. The SMILES string of the molecule is COc1cc(N)cc(S(=O)(=O)c2ccccc2)c1. The summed E-state index contributed by atoms with van der Waals surface area (Å²) in [6, 6.07) is 12.7. The van der Waals surface area contributed by atoms with E-state index >= 15 is 0 Å². The zero-order valence-corrected chi connectivity index (χ0v) is 10.6. The van der Waals surface area contributed by atoms with Gasteiger partial charge in [0.15, 0.2) is 0 Å². The van der Waals surface area contributed by atoms with Gasteiger partial charge in [-0.05, 0) is 24.3 Å². The van der Waals surface area contributed by atoms with Gasteiger partial charge in [-0.1, -0.05) is 18.2 Å². The van der Waals surface area contributed by atoms with E-state index in [2.05, 4.69) is 0 Å². The fourth-order valence-electron chi connectivity index (χ4n) is 1.60. The molecular formula is C13H13NO3S. The molecule has 0 heterocycles. The Morgan fingerprint density at radius 1 is 1.00 bits per heavy atom. The predicted octanol–water partition coefficient (Wildman–Crippen LogP) is 2.11. The van der Waals surface area contributed by atoms with Crippen LogP contribution in [0.15, 0.2) is 58.3 Å². The molecule has 2 N–H and O–H groups in total. The summed E-state index contributed by atoms with van der Waals surface area (Å²) in [5.41, 5.74) is 6.02. The van der Waals surface area contributed by atoms with Gasteiger partial charge >= 0.3 is 0 Å². The van der Waals surface area contributed by atoms with E-state index in [1.165, 1.54) is 19.2 Å². The van der Waals surface area contributed by atoms with Crippen LogP contribution in [0.1, 0.15) is 0 Å². The van der Waals surface area contributed by atoms with Gasteiger partial charge in [0, 0.05) is 11.8 Å². The van der Waals surface area contributed by atoms with Crippen molar-refractivity contribution in [2.75, 3.05) is 12.8 Å². The molecule has 0 aliphatic carbocycles. The number of anilines is 1. The third-order valence-electron chi connectivity index (χ3n) is 2.50. The highest BCUT2D eigenvalue weighted by Gasteiger charge is 2.18. The zero-order chi connectivity index (χ0) is 13.2. The number of sulfone groups is 1. The Balaban J connectivity index is 2.58. The zero-order valence-electron chi connectivity index (χ0n) is 9.83. The number of hydrogen-bond donors (Lipinski definition) is 1. The van der Waals surface area contributed by atoms with Crippen LogP contribution in [0.4, 0.5) is 5.69 Å². The van der Waals surface area contributed by atoms with Crippen LogP contribution >= 0.6 is 0 Å². The molecule has 0 aromatic heterocycles. The Hall–Kier alpha value is -2.01. The van der Waals surface area contributed by atoms with Gasteiger partial charge in [-0.2, -0.15) is 0 Å². The standard InChI is InChI=1S/C13H13NO3S/c1-17-11-7-10(14)8-13(9-11)18(15,16)12-5-3-2-4-6-12/h2-9H,14H2,1H3. The van der Waals surface area contributed by atoms with Gasteiger partial charge in [0.2, 0.25) is 9.84 Å². The van der Waals surface area contributed by atoms with Crippen LogP contribution in [0, 0.1) is 0 Å². The fraction of sp³-hybridized carbons (Fsp3) is 0.0769. The van der Waals surface area contributed by atoms with Crippen molar-refractivity contribution < 1.29 is 13.2 Å². The van der Waals surface area contributed by atoms with Crippen molar-refractivity contribution in [2.45, 2.75) is 9.79 Å². The molecule has 0 bridgehead atoms. The van der Waals surface area contributed by atoms with Gasteiger partial charge in [0.25, 0.3) is 0 Å².